The summed E-state index contributed by atoms with van der Waals surface area (Å²) < 4.78 is 68.2. The van der Waals surface area contributed by atoms with E-state index in [1.165, 1.54) is 148 Å². The van der Waals surface area contributed by atoms with E-state index < -0.39 is 97.5 Å². The molecule has 0 rings (SSSR count). The van der Waals surface area contributed by atoms with Gasteiger partial charge in [0.25, 0.3) is 0 Å². The molecule has 19 heteroatoms. The topological polar surface area (TPSA) is 237 Å². The van der Waals surface area contributed by atoms with Crippen LogP contribution in [-0.2, 0) is 65.4 Å². The highest BCUT2D eigenvalue weighted by molar-refractivity contribution is 7.47. The molecule has 0 aliphatic rings. The van der Waals surface area contributed by atoms with Crippen molar-refractivity contribution < 1.29 is 80.2 Å². The molecule has 528 valence electrons. The molecule has 0 fully saturated rings. The first-order valence-corrected chi connectivity index (χ1v) is 39.3. The van der Waals surface area contributed by atoms with E-state index in [0.717, 1.165) is 108 Å². The Bertz CT molecular complexity index is 1770. The predicted molar refractivity (Wildman–Crippen MR) is 358 cm³/mol. The number of rotatable bonds is 67. The van der Waals surface area contributed by atoms with Crippen LogP contribution in [0.25, 0.3) is 0 Å². The maximum absolute atomic E-state index is 13.0. The molecule has 0 saturated carbocycles. The van der Waals surface area contributed by atoms with Crippen LogP contribution in [-0.4, -0.2) is 96.7 Å². The van der Waals surface area contributed by atoms with Gasteiger partial charge in [0.1, 0.15) is 19.3 Å². The molecular formula is C70H136O17P2. The highest BCUT2D eigenvalue weighted by Gasteiger charge is 2.30. The Balaban J connectivity index is 5.19. The Labute approximate surface area is 543 Å². The Hall–Kier alpha value is -1.94. The molecule has 0 aliphatic carbocycles. The molecule has 0 amide bonds. The number of carbonyl (C=O) groups excluding carboxylic acids is 4. The molecular weight excluding hydrogens is 1170 g/mol. The number of aliphatic hydroxyl groups is 1. The molecule has 0 aliphatic heterocycles. The fourth-order valence-corrected chi connectivity index (χ4v) is 12.0. The Kier molecular flexibility index (Phi) is 58.5. The second-order valence-corrected chi connectivity index (χ2v) is 29.6. The smallest absolute Gasteiger partial charge is 0.462 e. The van der Waals surface area contributed by atoms with Gasteiger partial charge in [-0.3, -0.25) is 37.3 Å². The zero-order valence-corrected chi connectivity index (χ0v) is 59.8. The number of phosphoric acid groups is 2. The minimum atomic E-state index is -4.95. The summed E-state index contributed by atoms with van der Waals surface area (Å²) in [6.07, 6.45) is 41.9. The van der Waals surface area contributed by atoms with E-state index in [1.807, 2.05) is 0 Å². The number of hydrogen-bond acceptors (Lipinski definition) is 15. The summed E-state index contributed by atoms with van der Waals surface area (Å²) in [5, 5.41) is 10.6. The number of aliphatic hydroxyl groups excluding tert-OH is 1. The van der Waals surface area contributed by atoms with Gasteiger partial charge in [0.05, 0.1) is 26.4 Å². The van der Waals surface area contributed by atoms with Crippen LogP contribution in [0, 0.1) is 23.7 Å². The van der Waals surface area contributed by atoms with Crippen molar-refractivity contribution in [2.24, 2.45) is 23.7 Å². The zero-order valence-electron chi connectivity index (χ0n) is 58.1. The van der Waals surface area contributed by atoms with Crippen molar-refractivity contribution in [1.82, 2.24) is 0 Å². The quantitative estimate of drug-likeness (QED) is 0.0222. The van der Waals surface area contributed by atoms with Crippen LogP contribution < -0.4 is 0 Å². The lowest BCUT2D eigenvalue weighted by Gasteiger charge is -2.21. The maximum Gasteiger partial charge on any atom is 0.472 e. The Morgan fingerprint density at radius 3 is 0.798 bits per heavy atom. The standard InChI is InChI=1S/C70H136O17P2/c1-9-62(7)48-40-32-24-17-15-13-11-12-14-16-18-25-34-42-50-67(72)80-56-65(86-69(74)52-44-36-27-21-23-31-39-47-61(5)6)58-84-88(76,77)82-54-64(71)55-83-89(78,79)85-59-66(87-70(75)53-45-37-29-28-33-41-49-63(8)10-2)57-81-68(73)51-43-35-26-20-19-22-30-38-46-60(3)4/h60-66,71H,9-59H2,1-8H3,(H,76,77)(H,78,79)/t62?,63?,64?,65-,66-/m1/s1. The molecule has 89 heavy (non-hydrogen) atoms. The van der Waals surface area contributed by atoms with Gasteiger partial charge in [0.15, 0.2) is 12.2 Å². The summed E-state index contributed by atoms with van der Waals surface area (Å²) in [6, 6.07) is 0. The molecule has 0 heterocycles. The minimum Gasteiger partial charge on any atom is -0.462 e. The van der Waals surface area contributed by atoms with E-state index in [4.69, 9.17) is 37.0 Å². The third kappa shape index (κ3) is 62.0. The van der Waals surface area contributed by atoms with Crippen LogP contribution in [0.3, 0.4) is 0 Å². The van der Waals surface area contributed by atoms with Gasteiger partial charge in [-0.05, 0) is 49.4 Å². The largest absolute Gasteiger partial charge is 0.472 e. The highest BCUT2D eigenvalue weighted by Crippen LogP contribution is 2.45. The first kappa shape index (κ1) is 87.1. The van der Waals surface area contributed by atoms with E-state index in [-0.39, 0.29) is 25.7 Å². The van der Waals surface area contributed by atoms with Crippen LogP contribution in [0.15, 0.2) is 0 Å². The van der Waals surface area contributed by atoms with Crippen LogP contribution in [0.5, 0.6) is 0 Å². The van der Waals surface area contributed by atoms with E-state index in [1.54, 1.807) is 0 Å². The SMILES string of the molecule is CCC(C)CCCCCCCCCCCCCCCCC(=O)OC[C@H](COP(=O)(O)OCC(O)COP(=O)(O)OC[C@@H](COC(=O)CCCCCCCCCCC(C)C)OC(=O)CCCCCCCCC(C)CC)OC(=O)CCCCCCCCCC(C)C. The number of esters is 4. The summed E-state index contributed by atoms with van der Waals surface area (Å²) in [5.74, 6) is 0.857. The molecule has 0 aromatic heterocycles. The van der Waals surface area contributed by atoms with Crippen molar-refractivity contribution in [3.8, 4) is 0 Å². The molecule has 17 nitrogen and oxygen atoms in total. The molecule has 0 aromatic rings. The predicted octanol–water partition coefficient (Wildman–Crippen LogP) is 19.7. The molecule has 0 radical (unpaired) electrons. The molecule has 0 saturated heterocycles. The van der Waals surface area contributed by atoms with Crippen molar-refractivity contribution in [3.63, 3.8) is 0 Å². The van der Waals surface area contributed by atoms with Gasteiger partial charge >= 0.3 is 39.5 Å². The van der Waals surface area contributed by atoms with Gasteiger partial charge in [-0.15, -0.1) is 0 Å². The van der Waals surface area contributed by atoms with E-state index in [2.05, 4.69) is 55.4 Å². The first-order valence-electron chi connectivity index (χ1n) is 36.3. The van der Waals surface area contributed by atoms with Gasteiger partial charge in [-0.1, -0.05) is 293 Å². The van der Waals surface area contributed by atoms with E-state index in [0.29, 0.717) is 31.6 Å². The molecule has 0 bridgehead atoms. The lowest BCUT2D eigenvalue weighted by molar-refractivity contribution is -0.161. The van der Waals surface area contributed by atoms with Crippen LogP contribution in [0.2, 0.25) is 0 Å². The number of phosphoric ester groups is 2. The number of ether oxygens (including phenoxy) is 4. The number of carbonyl (C=O) groups is 4. The van der Waals surface area contributed by atoms with Crippen LogP contribution >= 0.6 is 15.6 Å². The third-order valence-corrected chi connectivity index (χ3v) is 18.7. The molecule has 5 unspecified atom stereocenters. The summed E-state index contributed by atoms with van der Waals surface area (Å²) in [5.41, 5.74) is 0. The second-order valence-electron chi connectivity index (χ2n) is 26.7. The zero-order chi connectivity index (χ0) is 66.1. The van der Waals surface area contributed by atoms with Crippen LogP contribution in [0.4, 0.5) is 0 Å². The van der Waals surface area contributed by atoms with Crippen molar-refractivity contribution >= 4 is 39.5 Å². The maximum atomic E-state index is 13.0. The average molecular weight is 1310 g/mol. The molecule has 3 N–H and O–H groups in total. The van der Waals surface area contributed by atoms with Gasteiger partial charge < -0.3 is 33.8 Å². The highest BCUT2D eigenvalue weighted by atomic mass is 31.2. The van der Waals surface area contributed by atoms with Crippen LogP contribution in [0.1, 0.15) is 344 Å². The Morgan fingerprint density at radius 1 is 0.315 bits per heavy atom. The number of unbranched alkanes of at least 4 members (excludes halogenated alkanes) is 31. The van der Waals surface area contributed by atoms with E-state index in [9.17, 15) is 43.2 Å². The lowest BCUT2D eigenvalue weighted by Crippen LogP contribution is -2.30. The monoisotopic (exact) mass is 1310 g/mol. The van der Waals surface area contributed by atoms with Gasteiger partial charge in [-0.25, -0.2) is 9.13 Å². The van der Waals surface area contributed by atoms with Gasteiger partial charge in [0.2, 0.25) is 0 Å². The van der Waals surface area contributed by atoms with Crippen molar-refractivity contribution in [2.75, 3.05) is 39.6 Å². The van der Waals surface area contributed by atoms with E-state index >= 15 is 0 Å². The minimum absolute atomic E-state index is 0.102. The number of hydrogen-bond donors (Lipinski definition) is 3. The molecule has 0 spiro atoms. The fraction of sp³-hybridized carbons (Fsp3) is 0.943. The summed E-state index contributed by atoms with van der Waals surface area (Å²) in [7, 11) is -9.90. The normalized spacial score (nSPS) is 14.9. The summed E-state index contributed by atoms with van der Waals surface area (Å²) >= 11 is 0. The lowest BCUT2D eigenvalue weighted by atomic mass is 9.99. The van der Waals surface area contributed by atoms with Crippen molar-refractivity contribution in [1.29, 1.82) is 0 Å². The molecule has 0 aromatic carbocycles. The first-order chi connectivity index (χ1) is 42.7. The second kappa shape index (κ2) is 59.8. The summed E-state index contributed by atoms with van der Waals surface area (Å²) in [4.78, 5) is 72.5. The summed E-state index contributed by atoms with van der Waals surface area (Å²) in [6.45, 7) is 14.1. The van der Waals surface area contributed by atoms with Crippen molar-refractivity contribution in [3.05, 3.63) is 0 Å². The van der Waals surface area contributed by atoms with Gasteiger partial charge in [0, 0.05) is 25.7 Å². The Morgan fingerprint density at radius 2 is 0.539 bits per heavy atom. The average Bonchev–Trinajstić information content (AvgIpc) is 3.71. The van der Waals surface area contributed by atoms with Crippen molar-refractivity contribution in [2.45, 2.75) is 363 Å². The third-order valence-electron chi connectivity index (χ3n) is 16.8. The van der Waals surface area contributed by atoms with Gasteiger partial charge in [-0.2, -0.15) is 0 Å². The fourth-order valence-electron chi connectivity index (χ4n) is 10.4. The molecule has 7 atom stereocenters.